The van der Waals surface area contributed by atoms with Crippen LogP contribution in [-0.4, -0.2) is 29.1 Å². The first-order valence-corrected chi connectivity index (χ1v) is 6.31. The van der Waals surface area contributed by atoms with E-state index in [1.165, 1.54) is 0 Å². The van der Waals surface area contributed by atoms with E-state index in [2.05, 4.69) is 10.3 Å². The topological polar surface area (TPSA) is 62.2 Å². The zero-order valence-corrected chi connectivity index (χ0v) is 11.7. The molecule has 0 atom stereocenters. The van der Waals surface area contributed by atoms with Gasteiger partial charge in [-0.1, -0.05) is 32.4 Å². The van der Waals surface area contributed by atoms with Crippen molar-refractivity contribution in [2.24, 2.45) is 5.41 Å². The first-order valence-electron chi connectivity index (χ1n) is 5.93. The Morgan fingerprint density at radius 3 is 2.72 bits per heavy atom. The summed E-state index contributed by atoms with van der Waals surface area (Å²) < 4.78 is 0. The lowest BCUT2D eigenvalue weighted by Crippen LogP contribution is -2.36. The van der Waals surface area contributed by atoms with E-state index < -0.39 is 0 Å². The van der Waals surface area contributed by atoms with Gasteiger partial charge in [-0.3, -0.25) is 4.79 Å². The molecule has 0 bridgehead atoms. The number of carbonyl (C=O) groups is 1. The highest BCUT2D eigenvalue weighted by Crippen LogP contribution is 2.14. The minimum atomic E-state index is -0.333. The molecular weight excluding hydrogens is 252 g/mol. The molecule has 18 heavy (non-hydrogen) atoms. The van der Waals surface area contributed by atoms with Crippen molar-refractivity contribution in [3.8, 4) is 0 Å². The summed E-state index contributed by atoms with van der Waals surface area (Å²) in [6.07, 6.45) is 0.725. The molecule has 1 amide bonds. The number of amides is 1. The van der Waals surface area contributed by atoms with Gasteiger partial charge in [0.1, 0.15) is 5.15 Å². The Hall–Kier alpha value is -1.13. The SMILES string of the molecule is CCc1cc(C(=O)NCC(C)(C)CO)cc(Cl)n1. The van der Waals surface area contributed by atoms with E-state index in [-0.39, 0.29) is 17.9 Å². The Morgan fingerprint density at radius 2 is 2.17 bits per heavy atom. The fourth-order valence-corrected chi connectivity index (χ4v) is 1.57. The van der Waals surface area contributed by atoms with Crippen molar-refractivity contribution in [2.75, 3.05) is 13.2 Å². The summed E-state index contributed by atoms with van der Waals surface area (Å²) >= 11 is 5.86. The van der Waals surface area contributed by atoms with Crippen LogP contribution < -0.4 is 5.32 Å². The van der Waals surface area contributed by atoms with Crippen LogP contribution in [0.2, 0.25) is 5.15 Å². The van der Waals surface area contributed by atoms with E-state index in [0.717, 1.165) is 12.1 Å². The summed E-state index contributed by atoms with van der Waals surface area (Å²) in [6.45, 7) is 6.14. The summed E-state index contributed by atoms with van der Waals surface area (Å²) in [5.41, 5.74) is 0.953. The van der Waals surface area contributed by atoms with Crippen LogP contribution in [0.15, 0.2) is 12.1 Å². The average molecular weight is 271 g/mol. The molecule has 2 N–H and O–H groups in total. The number of aliphatic hydroxyl groups is 1. The third kappa shape index (κ3) is 4.27. The lowest BCUT2D eigenvalue weighted by atomic mass is 9.95. The van der Waals surface area contributed by atoms with Gasteiger partial charge in [-0.05, 0) is 18.6 Å². The van der Waals surface area contributed by atoms with Crippen LogP contribution >= 0.6 is 11.6 Å². The van der Waals surface area contributed by atoms with Crippen LogP contribution in [0.1, 0.15) is 36.8 Å². The van der Waals surface area contributed by atoms with E-state index in [1.807, 2.05) is 20.8 Å². The summed E-state index contributed by atoms with van der Waals surface area (Å²) in [5.74, 6) is -0.199. The number of hydrogen-bond donors (Lipinski definition) is 2. The Morgan fingerprint density at radius 1 is 1.50 bits per heavy atom. The zero-order chi connectivity index (χ0) is 13.8. The highest BCUT2D eigenvalue weighted by atomic mass is 35.5. The Bertz CT molecular complexity index is 433. The summed E-state index contributed by atoms with van der Waals surface area (Å²) in [4.78, 5) is 16.1. The smallest absolute Gasteiger partial charge is 0.251 e. The minimum absolute atomic E-state index is 0.0184. The molecule has 5 heteroatoms. The van der Waals surface area contributed by atoms with Gasteiger partial charge in [-0.25, -0.2) is 4.98 Å². The maximum absolute atomic E-state index is 11.9. The second-order valence-corrected chi connectivity index (χ2v) is 5.42. The van der Waals surface area contributed by atoms with Crippen molar-refractivity contribution < 1.29 is 9.90 Å². The number of nitrogens with zero attached hydrogens (tertiary/aromatic N) is 1. The van der Waals surface area contributed by atoms with Gasteiger partial charge in [0.2, 0.25) is 0 Å². The van der Waals surface area contributed by atoms with Crippen LogP contribution in [0.5, 0.6) is 0 Å². The monoisotopic (exact) mass is 270 g/mol. The number of aryl methyl sites for hydroxylation is 1. The van der Waals surface area contributed by atoms with Gasteiger partial charge in [-0.2, -0.15) is 0 Å². The van der Waals surface area contributed by atoms with Crippen molar-refractivity contribution in [1.82, 2.24) is 10.3 Å². The predicted molar refractivity (Wildman–Crippen MR) is 71.8 cm³/mol. The third-order valence-corrected chi connectivity index (χ3v) is 2.82. The van der Waals surface area contributed by atoms with E-state index >= 15 is 0 Å². The molecule has 4 nitrogen and oxygen atoms in total. The van der Waals surface area contributed by atoms with Crippen molar-refractivity contribution in [3.05, 3.63) is 28.5 Å². The number of halogens is 1. The molecule has 1 heterocycles. The van der Waals surface area contributed by atoms with E-state index in [0.29, 0.717) is 17.3 Å². The lowest BCUT2D eigenvalue weighted by molar-refractivity contribution is 0.0911. The van der Waals surface area contributed by atoms with Crippen LogP contribution in [-0.2, 0) is 6.42 Å². The van der Waals surface area contributed by atoms with Crippen LogP contribution in [0.4, 0.5) is 0 Å². The quantitative estimate of drug-likeness (QED) is 0.805. The van der Waals surface area contributed by atoms with Gasteiger partial charge in [0, 0.05) is 29.8 Å². The molecule has 1 aromatic heterocycles. The molecular formula is C13H19ClN2O2. The highest BCUT2D eigenvalue weighted by molar-refractivity contribution is 6.29. The highest BCUT2D eigenvalue weighted by Gasteiger charge is 2.18. The van der Waals surface area contributed by atoms with Gasteiger partial charge in [0.15, 0.2) is 0 Å². The summed E-state index contributed by atoms with van der Waals surface area (Å²) in [5, 5.41) is 12.2. The Kier molecular flexibility index (Phi) is 5.11. The second kappa shape index (κ2) is 6.16. The van der Waals surface area contributed by atoms with Gasteiger partial charge in [0.05, 0.1) is 0 Å². The van der Waals surface area contributed by atoms with Crippen molar-refractivity contribution >= 4 is 17.5 Å². The molecule has 0 aromatic carbocycles. The number of hydrogen-bond acceptors (Lipinski definition) is 3. The molecule has 100 valence electrons. The average Bonchev–Trinajstić information content (AvgIpc) is 2.35. The number of carbonyl (C=O) groups excluding carboxylic acids is 1. The van der Waals surface area contributed by atoms with Crippen LogP contribution in [0, 0.1) is 5.41 Å². The zero-order valence-electron chi connectivity index (χ0n) is 11.0. The molecule has 0 saturated heterocycles. The van der Waals surface area contributed by atoms with Crippen LogP contribution in [0.3, 0.4) is 0 Å². The largest absolute Gasteiger partial charge is 0.396 e. The molecule has 0 aliphatic carbocycles. The van der Waals surface area contributed by atoms with E-state index in [4.69, 9.17) is 16.7 Å². The maximum atomic E-state index is 11.9. The molecule has 0 saturated carbocycles. The number of pyridine rings is 1. The maximum Gasteiger partial charge on any atom is 0.251 e. The first-order chi connectivity index (χ1) is 8.38. The minimum Gasteiger partial charge on any atom is -0.396 e. The second-order valence-electron chi connectivity index (χ2n) is 5.03. The Balaban J connectivity index is 2.75. The van der Waals surface area contributed by atoms with Crippen molar-refractivity contribution in [3.63, 3.8) is 0 Å². The molecule has 0 aliphatic rings. The van der Waals surface area contributed by atoms with Crippen LogP contribution in [0.25, 0.3) is 0 Å². The fourth-order valence-electron chi connectivity index (χ4n) is 1.34. The van der Waals surface area contributed by atoms with E-state index in [9.17, 15) is 4.79 Å². The van der Waals surface area contributed by atoms with E-state index in [1.54, 1.807) is 12.1 Å². The standard InChI is InChI=1S/C13H19ClN2O2/c1-4-10-5-9(6-11(14)16-10)12(18)15-7-13(2,3)8-17/h5-6,17H,4,7-8H2,1-3H3,(H,15,18). The molecule has 0 unspecified atom stereocenters. The molecule has 1 rings (SSSR count). The lowest BCUT2D eigenvalue weighted by Gasteiger charge is -2.21. The van der Waals surface area contributed by atoms with Crippen molar-refractivity contribution in [1.29, 1.82) is 0 Å². The predicted octanol–water partition coefficient (Wildman–Crippen LogP) is 2.05. The Labute approximate surface area is 112 Å². The number of aliphatic hydroxyl groups excluding tert-OH is 1. The molecule has 0 radical (unpaired) electrons. The third-order valence-electron chi connectivity index (χ3n) is 2.63. The van der Waals surface area contributed by atoms with Crippen molar-refractivity contribution in [2.45, 2.75) is 27.2 Å². The first kappa shape index (κ1) is 14.9. The summed E-state index contributed by atoms with van der Waals surface area (Å²) in [6, 6.07) is 3.27. The number of nitrogens with one attached hydrogen (secondary N) is 1. The van der Waals surface area contributed by atoms with Gasteiger partial charge in [-0.15, -0.1) is 0 Å². The molecule has 0 aliphatic heterocycles. The van der Waals surface area contributed by atoms with Gasteiger partial charge >= 0.3 is 0 Å². The fraction of sp³-hybridized carbons (Fsp3) is 0.538. The van der Waals surface area contributed by atoms with Gasteiger partial charge in [0.25, 0.3) is 5.91 Å². The summed E-state index contributed by atoms with van der Waals surface area (Å²) in [7, 11) is 0. The molecule has 1 aromatic rings. The normalized spacial score (nSPS) is 11.4. The molecule has 0 spiro atoms. The molecule has 0 fully saturated rings. The number of aromatic nitrogens is 1. The number of rotatable bonds is 5. The van der Waals surface area contributed by atoms with Gasteiger partial charge < -0.3 is 10.4 Å².